The van der Waals surface area contributed by atoms with Gasteiger partial charge in [0.1, 0.15) is 0 Å². The third kappa shape index (κ3) is 4.20. The molecule has 0 saturated heterocycles. The molecule has 0 heterocycles. The van der Waals surface area contributed by atoms with Gasteiger partial charge < -0.3 is 14.6 Å². The molecule has 0 spiro atoms. The first kappa shape index (κ1) is 16.3. The molecule has 0 saturated carbocycles. The molecule has 0 bridgehead atoms. The van der Waals surface area contributed by atoms with Crippen molar-refractivity contribution in [3.05, 3.63) is 59.7 Å². The fourth-order valence-electron chi connectivity index (χ4n) is 2.07. The van der Waals surface area contributed by atoms with Crippen LogP contribution in [0.1, 0.15) is 18.1 Å². The quantitative estimate of drug-likeness (QED) is 0.397. The third-order valence-corrected chi connectivity index (χ3v) is 3.07. The van der Waals surface area contributed by atoms with Gasteiger partial charge in [-0.05, 0) is 29.3 Å². The van der Waals surface area contributed by atoms with Gasteiger partial charge in [-0.1, -0.05) is 36.4 Å². The molecular formula is C18H16O5. The lowest BCUT2D eigenvalue weighted by molar-refractivity contribution is -0.132. The molecule has 0 unspecified atom stereocenters. The van der Waals surface area contributed by atoms with Crippen LogP contribution in [-0.4, -0.2) is 24.2 Å². The lowest BCUT2D eigenvalue weighted by Crippen LogP contribution is -2.03. The van der Waals surface area contributed by atoms with E-state index >= 15 is 0 Å². The molecule has 0 aliphatic heterocycles. The summed E-state index contributed by atoms with van der Waals surface area (Å²) < 4.78 is 10.2. The van der Waals surface area contributed by atoms with E-state index in [2.05, 4.69) is 0 Å². The van der Waals surface area contributed by atoms with Crippen molar-refractivity contribution >= 4 is 23.6 Å². The van der Waals surface area contributed by atoms with Gasteiger partial charge in [-0.2, -0.15) is 0 Å². The highest BCUT2D eigenvalue weighted by Gasteiger charge is 2.12. The highest BCUT2D eigenvalue weighted by Crippen LogP contribution is 2.30. The molecular weight excluding hydrogens is 296 g/mol. The maximum absolute atomic E-state index is 11.5. The van der Waals surface area contributed by atoms with Crippen LogP contribution in [0.3, 0.4) is 0 Å². The Balaban J connectivity index is 2.43. The van der Waals surface area contributed by atoms with Crippen LogP contribution in [0.25, 0.3) is 11.6 Å². The van der Waals surface area contributed by atoms with Crippen LogP contribution < -0.4 is 9.47 Å². The maximum Gasteiger partial charge on any atom is 0.336 e. The largest absolute Gasteiger partial charge is 0.493 e. The molecule has 2 aromatic carbocycles. The van der Waals surface area contributed by atoms with Crippen LogP contribution in [0.15, 0.2) is 48.5 Å². The first-order valence-electron chi connectivity index (χ1n) is 6.88. The summed E-state index contributed by atoms with van der Waals surface area (Å²) in [6.07, 6.45) is 1.54. The van der Waals surface area contributed by atoms with Gasteiger partial charge in [0.2, 0.25) is 0 Å². The fourth-order valence-corrected chi connectivity index (χ4v) is 2.07. The highest BCUT2D eigenvalue weighted by molar-refractivity contribution is 6.20. The van der Waals surface area contributed by atoms with Gasteiger partial charge >= 0.3 is 11.9 Å². The Labute approximate surface area is 133 Å². The number of hydrogen-bond donors (Lipinski definition) is 1. The van der Waals surface area contributed by atoms with Gasteiger partial charge in [-0.25, -0.2) is 4.79 Å². The Bertz CT molecular complexity index is 747. The number of rotatable bonds is 5. The normalized spacial score (nSPS) is 11.0. The number of ether oxygens (including phenoxy) is 2. The number of hydrogen-bond acceptors (Lipinski definition) is 4. The average molecular weight is 312 g/mol. The molecule has 0 fully saturated rings. The summed E-state index contributed by atoms with van der Waals surface area (Å²) in [7, 11) is 1.45. The average Bonchev–Trinajstić information content (AvgIpc) is 2.53. The van der Waals surface area contributed by atoms with Crippen LogP contribution >= 0.6 is 0 Å². The smallest absolute Gasteiger partial charge is 0.336 e. The van der Waals surface area contributed by atoms with Gasteiger partial charge in [-0.15, -0.1) is 0 Å². The lowest BCUT2D eigenvalue weighted by Gasteiger charge is -2.09. The van der Waals surface area contributed by atoms with Crippen molar-refractivity contribution < 1.29 is 24.2 Å². The summed E-state index contributed by atoms with van der Waals surface area (Å²) in [6, 6.07) is 13.7. The molecule has 0 radical (unpaired) electrons. The molecule has 118 valence electrons. The Morgan fingerprint density at radius 1 is 1.04 bits per heavy atom. The number of carboxylic acid groups (broad SMARTS) is 1. The number of aliphatic carboxylic acids is 1. The molecule has 1 N–H and O–H groups in total. The predicted octanol–water partition coefficient (Wildman–Crippen LogP) is 3.25. The minimum absolute atomic E-state index is 0.160. The van der Waals surface area contributed by atoms with Crippen molar-refractivity contribution in [3.8, 4) is 11.5 Å². The summed E-state index contributed by atoms with van der Waals surface area (Å²) in [6.45, 7) is 1.30. The van der Waals surface area contributed by atoms with E-state index in [1.165, 1.54) is 20.1 Å². The summed E-state index contributed by atoms with van der Waals surface area (Å²) in [4.78, 5) is 22.6. The SMILES string of the molecule is COc1cc(C=C(C(=O)O)c2ccccc2)ccc1OC(C)=O. The number of methoxy groups -OCH3 is 1. The predicted molar refractivity (Wildman–Crippen MR) is 86.3 cm³/mol. The molecule has 0 aliphatic rings. The first-order chi connectivity index (χ1) is 11.0. The zero-order chi connectivity index (χ0) is 16.8. The van der Waals surface area contributed by atoms with Gasteiger partial charge in [-0.3, -0.25) is 4.79 Å². The molecule has 0 aliphatic carbocycles. The second-order valence-corrected chi connectivity index (χ2v) is 4.73. The van der Waals surface area contributed by atoms with Gasteiger partial charge in [0.15, 0.2) is 11.5 Å². The molecule has 5 nitrogen and oxygen atoms in total. The molecule has 2 aromatic rings. The van der Waals surface area contributed by atoms with Gasteiger partial charge in [0, 0.05) is 6.92 Å². The van der Waals surface area contributed by atoms with Crippen LogP contribution in [0.2, 0.25) is 0 Å². The molecule has 2 rings (SSSR count). The molecule has 0 atom stereocenters. The molecule has 0 aromatic heterocycles. The minimum atomic E-state index is -1.03. The second kappa shape index (κ2) is 7.26. The number of carbonyl (C=O) groups excluding carboxylic acids is 1. The molecule has 0 amide bonds. The number of benzene rings is 2. The third-order valence-electron chi connectivity index (χ3n) is 3.07. The van der Waals surface area contributed by atoms with E-state index in [1.807, 2.05) is 6.07 Å². The Morgan fingerprint density at radius 3 is 2.30 bits per heavy atom. The molecule has 23 heavy (non-hydrogen) atoms. The van der Waals surface area contributed by atoms with Crippen molar-refractivity contribution in [3.63, 3.8) is 0 Å². The number of carbonyl (C=O) groups is 2. The first-order valence-corrected chi connectivity index (χ1v) is 6.88. The zero-order valence-corrected chi connectivity index (χ0v) is 12.8. The topological polar surface area (TPSA) is 72.8 Å². The van der Waals surface area contributed by atoms with E-state index in [9.17, 15) is 14.7 Å². The summed E-state index contributed by atoms with van der Waals surface area (Å²) in [5.41, 5.74) is 1.38. The van der Waals surface area contributed by atoms with E-state index in [0.29, 0.717) is 16.9 Å². The number of carboxylic acids is 1. The van der Waals surface area contributed by atoms with Crippen molar-refractivity contribution in [2.24, 2.45) is 0 Å². The van der Waals surface area contributed by atoms with Crippen molar-refractivity contribution in [2.45, 2.75) is 6.92 Å². The standard InChI is InChI=1S/C18H16O5/c1-12(19)23-16-9-8-13(11-17(16)22-2)10-15(18(20)21)14-6-4-3-5-7-14/h3-11H,1-2H3,(H,20,21). The van der Waals surface area contributed by atoms with Gasteiger partial charge in [0.25, 0.3) is 0 Å². The summed E-state index contributed by atoms with van der Waals surface area (Å²) in [5.74, 6) is -0.846. The Kier molecular flexibility index (Phi) is 5.15. The van der Waals surface area contributed by atoms with Crippen molar-refractivity contribution in [1.29, 1.82) is 0 Å². The van der Waals surface area contributed by atoms with E-state index < -0.39 is 11.9 Å². The Morgan fingerprint density at radius 2 is 1.74 bits per heavy atom. The van der Waals surface area contributed by atoms with E-state index in [-0.39, 0.29) is 11.3 Å². The highest BCUT2D eigenvalue weighted by atomic mass is 16.6. The number of esters is 1. The Hall–Kier alpha value is -3.08. The second-order valence-electron chi connectivity index (χ2n) is 4.73. The van der Waals surface area contributed by atoms with Crippen molar-refractivity contribution in [2.75, 3.05) is 7.11 Å². The van der Waals surface area contributed by atoms with E-state index in [4.69, 9.17) is 9.47 Å². The van der Waals surface area contributed by atoms with Crippen LogP contribution in [0.4, 0.5) is 0 Å². The van der Waals surface area contributed by atoms with Crippen molar-refractivity contribution in [1.82, 2.24) is 0 Å². The zero-order valence-electron chi connectivity index (χ0n) is 12.8. The maximum atomic E-state index is 11.5. The van der Waals surface area contributed by atoms with Crippen LogP contribution in [0.5, 0.6) is 11.5 Å². The van der Waals surface area contributed by atoms with Crippen LogP contribution in [-0.2, 0) is 9.59 Å². The fraction of sp³-hybridized carbons (Fsp3) is 0.111. The van der Waals surface area contributed by atoms with Crippen LogP contribution in [0, 0.1) is 0 Å². The molecule has 5 heteroatoms. The van der Waals surface area contributed by atoms with E-state index in [1.54, 1.807) is 42.5 Å². The van der Waals surface area contributed by atoms with E-state index in [0.717, 1.165) is 0 Å². The lowest BCUT2D eigenvalue weighted by atomic mass is 10.0. The minimum Gasteiger partial charge on any atom is -0.493 e. The van der Waals surface area contributed by atoms with Gasteiger partial charge in [0.05, 0.1) is 12.7 Å². The monoisotopic (exact) mass is 312 g/mol. The summed E-state index contributed by atoms with van der Waals surface area (Å²) in [5, 5.41) is 9.42. The summed E-state index contributed by atoms with van der Waals surface area (Å²) >= 11 is 0.